The highest BCUT2D eigenvalue weighted by Gasteiger charge is 2.39. The molecule has 0 spiro atoms. The summed E-state index contributed by atoms with van der Waals surface area (Å²) in [5.41, 5.74) is 2.48. The van der Waals surface area contributed by atoms with E-state index in [4.69, 9.17) is 0 Å². The number of rotatable bonds is 8. The zero-order valence-corrected chi connectivity index (χ0v) is 18.9. The average Bonchev–Trinajstić information content (AvgIpc) is 3.22. The average molecular weight is 459 g/mol. The third-order valence-corrected chi connectivity index (χ3v) is 7.55. The fourth-order valence-corrected chi connectivity index (χ4v) is 3.93. The summed E-state index contributed by atoms with van der Waals surface area (Å²) in [5, 5.41) is 31.1. The molecular weight excluding hydrogens is 432 g/mol. The number of amides is 1. The minimum Gasteiger partial charge on any atom is -0.507 e. The molecule has 3 aromatic rings. The minimum absolute atomic E-state index is 0.0305. The standard InChI is InChI=1S/C22H26N4O5S/c1-15-8-10-16(11-9-15)18-13-26(25-24-18)20(28)12-22(2,32(3,30)31)14-23-21(29)17-6-4-5-7-19(17)27/h4-11,13,20,27-28H,12,14H2,1-3H3,(H,23,29). The van der Waals surface area contributed by atoms with Gasteiger partial charge in [-0.3, -0.25) is 4.79 Å². The fraction of sp³-hybridized carbons (Fsp3) is 0.318. The van der Waals surface area contributed by atoms with Crippen molar-refractivity contribution >= 4 is 15.7 Å². The summed E-state index contributed by atoms with van der Waals surface area (Å²) in [4.78, 5) is 12.4. The van der Waals surface area contributed by atoms with Crippen molar-refractivity contribution in [3.05, 3.63) is 65.9 Å². The normalized spacial score (nSPS) is 14.5. The van der Waals surface area contributed by atoms with E-state index in [1.165, 1.54) is 23.7 Å². The third kappa shape index (κ3) is 5.14. The molecule has 1 aromatic heterocycles. The summed E-state index contributed by atoms with van der Waals surface area (Å²) in [6.07, 6.45) is 1.07. The first-order chi connectivity index (χ1) is 15.0. The fourth-order valence-electron chi connectivity index (χ4n) is 3.14. The second-order valence-electron chi connectivity index (χ2n) is 8.06. The van der Waals surface area contributed by atoms with Gasteiger partial charge in [-0.25, -0.2) is 13.1 Å². The second kappa shape index (κ2) is 9.09. The van der Waals surface area contributed by atoms with Crippen molar-refractivity contribution in [3.8, 4) is 17.0 Å². The van der Waals surface area contributed by atoms with E-state index in [0.717, 1.165) is 17.4 Å². The monoisotopic (exact) mass is 458 g/mol. The Hall–Kier alpha value is -3.24. The lowest BCUT2D eigenvalue weighted by Gasteiger charge is -2.30. The van der Waals surface area contributed by atoms with Crippen LogP contribution < -0.4 is 5.32 Å². The number of phenols is 1. The van der Waals surface area contributed by atoms with Crippen LogP contribution in [-0.2, 0) is 9.84 Å². The molecule has 2 unspecified atom stereocenters. The number of phenolic OH excluding ortho intramolecular Hbond substituents is 1. The molecule has 0 saturated heterocycles. The lowest BCUT2D eigenvalue weighted by Crippen LogP contribution is -2.47. The van der Waals surface area contributed by atoms with Gasteiger partial charge in [0.05, 0.1) is 16.5 Å². The summed E-state index contributed by atoms with van der Waals surface area (Å²) >= 11 is 0. The van der Waals surface area contributed by atoms with Crippen LogP contribution in [0.5, 0.6) is 5.75 Å². The molecule has 0 fully saturated rings. The molecule has 1 heterocycles. The van der Waals surface area contributed by atoms with E-state index in [2.05, 4.69) is 15.6 Å². The van der Waals surface area contributed by atoms with Crippen molar-refractivity contribution in [2.45, 2.75) is 31.2 Å². The molecule has 0 radical (unpaired) electrons. The van der Waals surface area contributed by atoms with Crippen molar-refractivity contribution in [1.29, 1.82) is 0 Å². The first-order valence-electron chi connectivity index (χ1n) is 9.93. The molecule has 32 heavy (non-hydrogen) atoms. The van der Waals surface area contributed by atoms with Gasteiger partial charge in [-0.05, 0) is 26.0 Å². The SMILES string of the molecule is Cc1ccc(-c2cn(C(O)CC(C)(CNC(=O)c3ccccc3O)S(C)(=O)=O)nn2)cc1. The summed E-state index contributed by atoms with van der Waals surface area (Å²) in [7, 11) is -3.70. The number of nitrogens with one attached hydrogen (secondary N) is 1. The number of aryl methyl sites for hydroxylation is 1. The van der Waals surface area contributed by atoms with E-state index >= 15 is 0 Å². The molecule has 0 aliphatic carbocycles. The van der Waals surface area contributed by atoms with E-state index < -0.39 is 26.7 Å². The van der Waals surface area contributed by atoms with Gasteiger partial charge in [0.1, 0.15) is 17.7 Å². The number of benzene rings is 2. The number of carbonyl (C=O) groups is 1. The molecule has 1 amide bonds. The van der Waals surface area contributed by atoms with Crippen LogP contribution >= 0.6 is 0 Å². The highest BCUT2D eigenvalue weighted by atomic mass is 32.2. The first-order valence-corrected chi connectivity index (χ1v) is 11.8. The molecule has 2 aromatic carbocycles. The van der Waals surface area contributed by atoms with Gasteiger partial charge in [0.2, 0.25) is 0 Å². The molecule has 2 atom stereocenters. The largest absolute Gasteiger partial charge is 0.507 e. The van der Waals surface area contributed by atoms with Gasteiger partial charge in [0, 0.05) is 24.8 Å². The van der Waals surface area contributed by atoms with Crippen LogP contribution in [-0.4, -0.2) is 57.1 Å². The van der Waals surface area contributed by atoms with Gasteiger partial charge in [0.25, 0.3) is 5.91 Å². The molecule has 0 aliphatic rings. The van der Waals surface area contributed by atoms with Crippen molar-refractivity contribution in [3.63, 3.8) is 0 Å². The van der Waals surface area contributed by atoms with E-state index in [9.17, 15) is 23.4 Å². The number of aliphatic hydroxyl groups is 1. The van der Waals surface area contributed by atoms with Crippen LogP contribution in [0.3, 0.4) is 0 Å². The number of hydrogen-bond donors (Lipinski definition) is 3. The Balaban J connectivity index is 1.76. The van der Waals surface area contributed by atoms with E-state index in [1.807, 2.05) is 31.2 Å². The van der Waals surface area contributed by atoms with Crippen molar-refractivity contribution in [2.24, 2.45) is 0 Å². The minimum atomic E-state index is -3.70. The Morgan fingerprint density at radius 3 is 2.47 bits per heavy atom. The lowest BCUT2D eigenvalue weighted by atomic mass is 10.1. The molecule has 0 bridgehead atoms. The number of nitrogens with zero attached hydrogens (tertiary/aromatic N) is 3. The molecule has 0 saturated carbocycles. The number of hydrogen-bond acceptors (Lipinski definition) is 7. The molecule has 3 rings (SSSR count). The van der Waals surface area contributed by atoms with Crippen LogP contribution in [0.25, 0.3) is 11.3 Å². The van der Waals surface area contributed by atoms with Crippen LogP contribution in [0, 0.1) is 6.92 Å². The second-order valence-corrected chi connectivity index (χ2v) is 10.6. The Morgan fingerprint density at radius 2 is 1.84 bits per heavy atom. The van der Waals surface area contributed by atoms with Gasteiger partial charge in [-0.1, -0.05) is 47.2 Å². The highest BCUT2D eigenvalue weighted by molar-refractivity contribution is 7.92. The Morgan fingerprint density at radius 1 is 1.19 bits per heavy atom. The maximum Gasteiger partial charge on any atom is 0.255 e. The molecule has 0 aliphatic heterocycles. The summed E-state index contributed by atoms with van der Waals surface area (Å²) < 4.78 is 24.8. The smallest absolute Gasteiger partial charge is 0.255 e. The molecule has 10 heteroatoms. The number of aromatic hydroxyl groups is 1. The predicted molar refractivity (Wildman–Crippen MR) is 120 cm³/mol. The zero-order valence-electron chi connectivity index (χ0n) is 18.1. The van der Waals surface area contributed by atoms with Gasteiger partial charge >= 0.3 is 0 Å². The Bertz CT molecular complexity index is 1210. The molecule has 9 nitrogen and oxygen atoms in total. The summed E-state index contributed by atoms with van der Waals surface area (Å²) in [6, 6.07) is 13.6. The Kier molecular flexibility index (Phi) is 6.65. The van der Waals surface area contributed by atoms with Crippen LogP contribution in [0.15, 0.2) is 54.7 Å². The van der Waals surface area contributed by atoms with Gasteiger partial charge in [0.15, 0.2) is 9.84 Å². The van der Waals surface area contributed by atoms with Gasteiger partial charge in [-0.15, -0.1) is 5.10 Å². The number of aliphatic hydroxyl groups excluding tert-OH is 1. The predicted octanol–water partition coefficient (Wildman–Crippen LogP) is 2.07. The maximum absolute atomic E-state index is 12.5. The van der Waals surface area contributed by atoms with Crippen LogP contribution in [0.1, 0.15) is 35.5 Å². The van der Waals surface area contributed by atoms with Gasteiger partial charge in [-0.2, -0.15) is 0 Å². The first kappa shape index (κ1) is 23.4. The Labute approximate surface area is 186 Å². The van der Waals surface area contributed by atoms with E-state index in [0.29, 0.717) is 5.69 Å². The quantitative estimate of drug-likeness (QED) is 0.470. The van der Waals surface area contributed by atoms with E-state index in [-0.39, 0.29) is 24.3 Å². The number of aromatic nitrogens is 3. The highest BCUT2D eigenvalue weighted by Crippen LogP contribution is 2.27. The summed E-state index contributed by atoms with van der Waals surface area (Å²) in [6.45, 7) is 3.14. The third-order valence-electron chi connectivity index (χ3n) is 5.44. The number of sulfone groups is 1. The topological polar surface area (TPSA) is 134 Å². The van der Waals surface area contributed by atoms with Gasteiger partial charge < -0.3 is 15.5 Å². The van der Waals surface area contributed by atoms with Crippen molar-refractivity contribution in [1.82, 2.24) is 20.3 Å². The van der Waals surface area contributed by atoms with Crippen molar-refractivity contribution in [2.75, 3.05) is 12.8 Å². The van der Waals surface area contributed by atoms with Crippen LogP contribution in [0.4, 0.5) is 0 Å². The van der Waals surface area contributed by atoms with E-state index in [1.54, 1.807) is 18.3 Å². The number of para-hydroxylation sites is 1. The molecular formula is C22H26N4O5S. The van der Waals surface area contributed by atoms with Crippen molar-refractivity contribution < 1.29 is 23.4 Å². The molecule has 170 valence electrons. The zero-order chi connectivity index (χ0) is 23.5. The maximum atomic E-state index is 12.5. The number of carbonyl (C=O) groups excluding carboxylic acids is 1. The van der Waals surface area contributed by atoms with Crippen LogP contribution in [0.2, 0.25) is 0 Å². The summed E-state index contributed by atoms with van der Waals surface area (Å²) in [5.74, 6) is -0.827. The molecule has 3 N–H and O–H groups in total. The lowest BCUT2D eigenvalue weighted by molar-refractivity contribution is 0.0671.